The van der Waals surface area contributed by atoms with E-state index in [4.69, 9.17) is 19.0 Å². The van der Waals surface area contributed by atoms with E-state index >= 15 is 0 Å². The fraction of sp³-hybridized carbons (Fsp3) is 0.0833. The van der Waals surface area contributed by atoms with Crippen molar-refractivity contribution in [3.63, 3.8) is 0 Å². The van der Waals surface area contributed by atoms with Gasteiger partial charge in [-0.25, -0.2) is 18.4 Å². The third-order valence-corrected chi connectivity index (χ3v) is 5.74. The number of carbonyl (C=O) groups excluding carboxylic acids is 2. The molecule has 3 N–H and O–H groups in total. The normalized spacial score (nSPS) is 11.2. The fourth-order valence-electron chi connectivity index (χ4n) is 3.20. The second kappa shape index (κ2) is 9.77. The van der Waals surface area contributed by atoms with Crippen LogP contribution in [0.2, 0.25) is 0 Å². The van der Waals surface area contributed by atoms with Gasteiger partial charge in [0.05, 0.1) is 10.5 Å². The topological polar surface area (TPSA) is 138 Å². The summed E-state index contributed by atoms with van der Waals surface area (Å²) in [6.45, 7) is -0.514. The van der Waals surface area contributed by atoms with E-state index in [2.05, 4.69) is 5.32 Å². The first-order valence-electron chi connectivity index (χ1n) is 10.1. The Morgan fingerprint density at radius 2 is 1.59 bits per heavy atom. The van der Waals surface area contributed by atoms with E-state index < -0.39 is 28.5 Å². The van der Waals surface area contributed by atoms with Crippen LogP contribution in [-0.2, 0) is 26.2 Å². The summed E-state index contributed by atoms with van der Waals surface area (Å²) in [5.74, 6) is -0.861. The molecule has 174 valence electrons. The van der Waals surface area contributed by atoms with Gasteiger partial charge in [-0.1, -0.05) is 36.4 Å². The molecule has 34 heavy (non-hydrogen) atoms. The van der Waals surface area contributed by atoms with Gasteiger partial charge in [0.1, 0.15) is 17.9 Å². The molecule has 0 bridgehead atoms. The molecule has 0 atom stereocenters. The second-order valence-electron chi connectivity index (χ2n) is 7.20. The number of amides is 1. The SMILES string of the molecule is NS(=O)(=O)c1ccc(NC(=O)COC(=O)c2oc3ccccc3c2COc2ccccc2)cc1. The molecule has 0 radical (unpaired) electrons. The predicted molar refractivity (Wildman–Crippen MR) is 124 cm³/mol. The fourth-order valence-corrected chi connectivity index (χ4v) is 3.72. The highest BCUT2D eigenvalue weighted by Crippen LogP contribution is 2.28. The molecule has 0 aliphatic heterocycles. The van der Waals surface area contributed by atoms with Crippen molar-refractivity contribution in [2.24, 2.45) is 5.14 Å². The Kier molecular flexibility index (Phi) is 6.62. The van der Waals surface area contributed by atoms with Gasteiger partial charge in [-0.2, -0.15) is 0 Å². The Hall–Kier alpha value is -4.15. The second-order valence-corrected chi connectivity index (χ2v) is 8.76. The number of fused-ring (bicyclic) bond motifs is 1. The van der Waals surface area contributed by atoms with E-state index in [1.54, 1.807) is 30.3 Å². The third-order valence-electron chi connectivity index (χ3n) is 4.81. The molecule has 0 saturated heterocycles. The Labute approximate surface area is 195 Å². The number of hydrogen-bond donors (Lipinski definition) is 2. The van der Waals surface area contributed by atoms with Gasteiger partial charge in [0.15, 0.2) is 6.61 Å². The molecule has 1 aromatic heterocycles. The number of nitrogens with two attached hydrogens (primary N) is 1. The van der Waals surface area contributed by atoms with Crippen LogP contribution in [0.25, 0.3) is 11.0 Å². The number of primary sulfonamides is 1. The number of rotatable bonds is 8. The minimum Gasteiger partial charge on any atom is -0.489 e. The zero-order chi connectivity index (χ0) is 24.1. The Morgan fingerprint density at radius 3 is 2.29 bits per heavy atom. The standard InChI is InChI=1S/C24H20N2O7S/c25-34(29,30)18-12-10-16(11-13-18)26-22(27)15-32-24(28)23-20(14-31-17-6-2-1-3-7-17)19-8-4-5-9-21(19)33-23/h1-13H,14-15H2,(H,26,27)(H2,25,29,30). The number of ether oxygens (including phenoxy) is 2. The largest absolute Gasteiger partial charge is 0.489 e. The van der Waals surface area contributed by atoms with Crippen molar-refractivity contribution in [1.29, 1.82) is 0 Å². The first kappa shape index (κ1) is 23.0. The van der Waals surface area contributed by atoms with Crippen molar-refractivity contribution in [3.05, 3.63) is 90.2 Å². The molecule has 4 rings (SSSR count). The minimum atomic E-state index is -3.84. The number of benzene rings is 3. The molecule has 3 aromatic carbocycles. The molecule has 0 aliphatic carbocycles. The summed E-state index contributed by atoms with van der Waals surface area (Å²) in [4.78, 5) is 24.8. The van der Waals surface area contributed by atoms with E-state index in [0.717, 1.165) is 0 Å². The predicted octanol–water partition coefficient (Wildman–Crippen LogP) is 3.45. The summed E-state index contributed by atoms with van der Waals surface area (Å²) in [5.41, 5.74) is 1.30. The summed E-state index contributed by atoms with van der Waals surface area (Å²) >= 11 is 0. The Balaban J connectivity index is 1.43. The van der Waals surface area contributed by atoms with Crippen LogP contribution in [0, 0.1) is 0 Å². The highest BCUT2D eigenvalue weighted by molar-refractivity contribution is 7.89. The van der Waals surface area contributed by atoms with Gasteiger partial charge in [0.25, 0.3) is 5.91 Å². The van der Waals surface area contributed by atoms with Gasteiger partial charge in [0, 0.05) is 11.1 Å². The number of carbonyl (C=O) groups is 2. The molecule has 1 amide bonds. The van der Waals surface area contributed by atoms with Crippen LogP contribution in [-0.4, -0.2) is 26.9 Å². The van der Waals surface area contributed by atoms with Gasteiger partial charge in [0.2, 0.25) is 15.8 Å². The number of sulfonamides is 1. The van der Waals surface area contributed by atoms with Crippen molar-refractivity contribution in [2.75, 3.05) is 11.9 Å². The molecule has 1 heterocycles. The summed E-state index contributed by atoms with van der Waals surface area (Å²) in [7, 11) is -3.84. The average Bonchev–Trinajstić information content (AvgIpc) is 3.20. The maximum absolute atomic E-state index is 12.7. The van der Waals surface area contributed by atoms with Crippen LogP contribution < -0.4 is 15.2 Å². The number of anilines is 1. The van der Waals surface area contributed by atoms with Crippen LogP contribution in [0.1, 0.15) is 16.1 Å². The minimum absolute atomic E-state index is 0.0533. The van der Waals surface area contributed by atoms with E-state index in [9.17, 15) is 18.0 Å². The number of nitrogens with one attached hydrogen (secondary N) is 1. The lowest BCUT2D eigenvalue weighted by molar-refractivity contribution is -0.119. The molecule has 0 spiro atoms. The van der Waals surface area contributed by atoms with Crippen LogP contribution >= 0.6 is 0 Å². The van der Waals surface area contributed by atoms with Crippen LogP contribution in [0.5, 0.6) is 5.75 Å². The van der Waals surface area contributed by atoms with Crippen molar-refractivity contribution >= 4 is 38.6 Å². The van der Waals surface area contributed by atoms with Crippen molar-refractivity contribution < 1.29 is 31.9 Å². The molecule has 0 unspecified atom stereocenters. The number of esters is 1. The quantitative estimate of drug-likeness (QED) is 0.368. The number of hydrogen-bond acceptors (Lipinski definition) is 7. The molecule has 10 heteroatoms. The lowest BCUT2D eigenvalue weighted by Crippen LogP contribution is -2.21. The molecule has 0 saturated carbocycles. The maximum Gasteiger partial charge on any atom is 0.375 e. The summed E-state index contributed by atoms with van der Waals surface area (Å²) in [6, 6.07) is 21.5. The summed E-state index contributed by atoms with van der Waals surface area (Å²) in [5, 5.41) is 8.26. The lowest BCUT2D eigenvalue weighted by atomic mass is 10.1. The Bertz CT molecular complexity index is 1430. The number of para-hydroxylation sites is 2. The van der Waals surface area contributed by atoms with Gasteiger partial charge < -0.3 is 19.2 Å². The van der Waals surface area contributed by atoms with E-state index in [0.29, 0.717) is 28.0 Å². The van der Waals surface area contributed by atoms with E-state index in [1.165, 1.54) is 24.3 Å². The molecular weight excluding hydrogens is 460 g/mol. The molecule has 4 aromatic rings. The molecule has 0 fully saturated rings. The lowest BCUT2D eigenvalue weighted by Gasteiger charge is -2.08. The molecule has 9 nitrogen and oxygen atoms in total. The van der Waals surface area contributed by atoms with Crippen LogP contribution in [0.4, 0.5) is 5.69 Å². The zero-order valence-electron chi connectivity index (χ0n) is 17.8. The molecular formula is C24H20N2O7S. The van der Waals surface area contributed by atoms with Crippen molar-refractivity contribution in [1.82, 2.24) is 0 Å². The first-order valence-corrected chi connectivity index (χ1v) is 11.6. The van der Waals surface area contributed by atoms with Crippen molar-refractivity contribution in [3.8, 4) is 5.75 Å². The smallest absolute Gasteiger partial charge is 0.375 e. The highest BCUT2D eigenvalue weighted by atomic mass is 32.2. The highest BCUT2D eigenvalue weighted by Gasteiger charge is 2.23. The van der Waals surface area contributed by atoms with Gasteiger partial charge in [-0.05, 0) is 42.5 Å². The third kappa shape index (κ3) is 5.42. The maximum atomic E-state index is 12.7. The first-order chi connectivity index (χ1) is 16.3. The zero-order valence-corrected chi connectivity index (χ0v) is 18.6. The van der Waals surface area contributed by atoms with E-state index in [-0.39, 0.29) is 17.3 Å². The van der Waals surface area contributed by atoms with Gasteiger partial charge >= 0.3 is 5.97 Å². The molecule has 0 aliphatic rings. The van der Waals surface area contributed by atoms with Crippen LogP contribution in [0.3, 0.4) is 0 Å². The van der Waals surface area contributed by atoms with Gasteiger partial charge in [-0.15, -0.1) is 0 Å². The van der Waals surface area contributed by atoms with E-state index in [1.807, 2.05) is 24.3 Å². The number of furan rings is 1. The summed E-state index contributed by atoms with van der Waals surface area (Å²) < 4.78 is 39.3. The van der Waals surface area contributed by atoms with Crippen molar-refractivity contribution in [2.45, 2.75) is 11.5 Å². The summed E-state index contributed by atoms with van der Waals surface area (Å²) in [6.07, 6.45) is 0. The van der Waals surface area contributed by atoms with Crippen LogP contribution in [0.15, 0.2) is 88.2 Å². The monoisotopic (exact) mass is 480 g/mol. The Morgan fingerprint density at radius 1 is 0.912 bits per heavy atom. The average molecular weight is 480 g/mol. The van der Waals surface area contributed by atoms with Gasteiger partial charge in [-0.3, -0.25) is 4.79 Å².